The number of halogens is 1. The number of hydrogen-bond acceptors (Lipinski definition) is 6. The second-order valence-electron chi connectivity index (χ2n) is 6.48. The number of fused-ring (bicyclic) bond motifs is 1. The summed E-state index contributed by atoms with van der Waals surface area (Å²) >= 11 is 5.84. The number of anilines is 1. The minimum atomic E-state index is -0.593. The van der Waals surface area contributed by atoms with Crippen LogP contribution in [0.4, 0.5) is 5.69 Å². The van der Waals surface area contributed by atoms with Gasteiger partial charge in [0.2, 0.25) is 5.89 Å². The number of nitrogens with zero attached hydrogens (tertiary/aromatic N) is 3. The van der Waals surface area contributed by atoms with Crippen LogP contribution in [0.1, 0.15) is 33.3 Å². The van der Waals surface area contributed by atoms with Crippen molar-refractivity contribution < 1.29 is 18.7 Å². The molecule has 4 rings (SSSR count). The largest absolute Gasteiger partial charge is 0.484 e. The van der Waals surface area contributed by atoms with Crippen LogP contribution in [0.3, 0.4) is 0 Å². The van der Waals surface area contributed by atoms with Crippen molar-refractivity contribution in [3.8, 4) is 5.75 Å². The number of carbonyl (C=O) groups is 2. The SMILES string of the molecule is Cc1ccc(C)c2c1C(=O)C(=O)N2Cc1nnc(COc2ccc(Cl)cc2)o1. The first-order valence-electron chi connectivity index (χ1n) is 8.60. The van der Waals surface area contributed by atoms with E-state index >= 15 is 0 Å². The minimum Gasteiger partial charge on any atom is -0.484 e. The molecule has 0 radical (unpaired) electrons. The highest BCUT2D eigenvalue weighted by Crippen LogP contribution is 2.35. The second-order valence-corrected chi connectivity index (χ2v) is 6.91. The average molecular weight is 398 g/mol. The van der Waals surface area contributed by atoms with Gasteiger partial charge in [-0.2, -0.15) is 0 Å². The summed E-state index contributed by atoms with van der Waals surface area (Å²) in [5.41, 5.74) is 2.65. The van der Waals surface area contributed by atoms with Crippen molar-refractivity contribution in [1.29, 1.82) is 0 Å². The first-order chi connectivity index (χ1) is 13.4. The second kappa shape index (κ2) is 7.09. The Bertz CT molecular complexity index is 1080. The summed E-state index contributed by atoms with van der Waals surface area (Å²) < 4.78 is 11.2. The zero-order valence-electron chi connectivity index (χ0n) is 15.2. The van der Waals surface area contributed by atoms with Gasteiger partial charge in [-0.1, -0.05) is 23.7 Å². The predicted molar refractivity (Wildman–Crippen MR) is 102 cm³/mol. The molecule has 1 amide bonds. The molecular weight excluding hydrogens is 382 g/mol. The molecule has 1 aliphatic heterocycles. The van der Waals surface area contributed by atoms with Crippen molar-refractivity contribution in [2.45, 2.75) is 27.0 Å². The van der Waals surface area contributed by atoms with E-state index in [1.807, 2.05) is 26.0 Å². The standard InChI is InChI=1S/C20H16ClN3O4/c1-11-3-4-12(2)18-17(11)19(25)20(26)24(18)9-15-22-23-16(28-15)10-27-14-7-5-13(21)6-8-14/h3-8H,9-10H2,1-2H3. The van der Waals surface area contributed by atoms with E-state index in [0.717, 1.165) is 11.1 Å². The highest BCUT2D eigenvalue weighted by atomic mass is 35.5. The van der Waals surface area contributed by atoms with E-state index in [1.165, 1.54) is 4.90 Å². The average Bonchev–Trinajstić information content (AvgIpc) is 3.23. The van der Waals surface area contributed by atoms with Crippen LogP contribution in [0.25, 0.3) is 0 Å². The Morgan fingerprint density at radius 3 is 2.43 bits per heavy atom. The van der Waals surface area contributed by atoms with Gasteiger partial charge in [0.15, 0.2) is 6.61 Å². The van der Waals surface area contributed by atoms with E-state index in [-0.39, 0.29) is 24.9 Å². The normalized spacial score (nSPS) is 13.2. The maximum absolute atomic E-state index is 12.5. The van der Waals surface area contributed by atoms with Gasteiger partial charge in [-0.15, -0.1) is 10.2 Å². The zero-order chi connectivity index (χ0) is 19.8. The van der Waals surface area contributed by atoms with Crippen LogP contribution in [-0.4, -0.2) is 21.9 Å². The van der Waals surface area contributed by atoms with Crippen molar-refractivity contribution in [2.75, 3.05) is 4.90 Å². The Balaban J connectivity index is 1.50. The molecule has 1 aliphatic rings. The maximum Gasteiger partial charge on any atom is 0.299 e. The van der Waals surface area contributed by atoms with Crippen molar-refractivity contribution in [1.82, 2.24) is 10.2 Å². The van der Waals surface area contributed by atoms with Gasteiger partial charge >= 0.3 is 0 Å². The van der Waals surface area contributed by atoms with Crippen molar-refractivity contribution in [3.63, 3.8) is 0 Å². The Morgan fingerprint density at radius 2 is 1.68 bits per heavy atom. The summed E-state index contributed by atoms with van der Waals surface area (Å²) in [5.74, 6) is 0.00444. The Hall–Kier alpha value is -3.19. The first kappa shape index (κ1) is 18.2. The molecule has 142 valence electrons. The first-order valence-corrected chi connectivity index (χ1v) is 8.98. The van der Waals surface area contributed by atoms with Crippen LogP contribution in [0.15, 0.2) is 40.8 Å². The number of benzene rings is 2. The van der Waals surface area contributed by atoms with E-state index in [4.69, 9.17) is 20.8 Å². The molecule has 2 heterocycles. The minimum absolute atomic E-state index is 0.0236. The summed E-state index contributed by atoms with van der Waals surface area (Å²) in [7, 11) is 0. The predicted octanol–water partition coefficient (Wildman–Crippen LogP) is 3.65. The molecule has 0 bridgehead atoms. The lowest BCUT2D eigenvalue weighted by atomic mass is 10.0. The summed E-state index contributed by atoms with van der Waals surface area (Å²) in [5, 5.41) is 8.52. The number of Topliss-reactive ketones (excluding diaryl/α,β-unsaturated/α-hetero) is 1. The fourth-order valence-electron chi connectivity index (χ4n) is 3.13. The topological polar surface area (TPSA) is 85.5 Å². The Morgan fingerprint density at radius 1 is 1.00 bits per heavy atom. The lowest BCUT2D eigenvalue weighted by Crippen LogP contribution is -2.29. The zero-order valence-corrected chi connectivity index (χ0v) is 16.0. The highest BCUT2D eigenvalue weighted by Gasteiger charge is 2.38. The monoisotopic (exact) mass is 397 g/mol. The van der Waals surface area contributed by atoms with E-state index in [9.17, 15) is 9.59 Å². The lowest BCUT2D eigenvalue weighted by Gasteiger charge is -2.16. The number of aromatic nitrogens is 2. The summed E-state index contributed by atoms with van der Waals surface area (Å²) in [6, 6.07) is 10.6. The van der Waals surface area contributed by atoms with Gasteiger partial charge in [0.05, 0.1) is 11.3 Å². The van der Waals surface area contributed by atoms with Crippen LogP contribution in [-0.2, 0) is 17.9 Å². The molecule has 2 aromatic carbocycles. The van der Waals surface area contributed by atoms with Crippen molar-refractivity contribution in [3.05, 3.63) is 69.9 Å². The van der Waals surface area contributed by atoms with E-state index in [1.54, 1.807) is 24.3 Å². The number of rotatable bonds is 5. The molecule has 0 N–H and O–H groups in total. The maximum atomic E-state index is 12.5. The van der Waals surface area contributed by atoms with Gasteiger partial charge in [-0.25, -0.2) is 0 Å². The molecule has 0 spiro atoms. The molecule has 3 aromatic rings. The molecule has 8 heteroatoms. The van der Waals surface area contributed by atoms with Gasteiger partial charge in [0.25, 0.3) is 17.6 Å². The number of aryl methyl sites for hydroxylation is 2. The number of hydrogen-bond donors (Lipinski definition) is 0. The number of carbonyl (C=O) groups excluding carboxylic acids is 2. The Kier molecular flexibility index (Phi) is 4.60. The van der Waals surface area contributed by atoms with Gasteiger partial charge in [0, 0.05) is 5.02 Å². The third kappa shape index (κ3) is 3.25. The number of amides is 1. The Labute approximate surface area is 165 Å². The highest BCUT2D eigenvalue weighted by molar-refractivity contribution is 6.52. The van der Waals surface area contributed by atoms with Crippen LogP contribution >= 0.6 is 11.6 Å². The smallest absolute Gasteiger partial charge is 0.299 e. The van der Waals surface area contributed by atoms with Crippen LogP contribution < -0.4 is 9.64 Å². The van der Waals surface area contributed by atoms with Gasteiger partial charge in [-0.3, -0.25) is 14.5 Å². The van der Waals surface area contributed by atoms with E-state index in [0.29, 0.717) is 22.0 Å². The van der Waals surface area contributed by atoms with Gasteiger partial charge in [0.1, 0.15) is 12.3 Å². The molecule has 0 unspecified atom stereocenters. The molecule has 0 saturated carbocycles. The van der Waals surface area contributed by atoms with Crippen molar-refractivity contribution >= 4 is 29.0 Å². The molecule has 0 saturated heterocycles. The van der Waals surface area contributed by atoms with Gasteiger partial charge in [-0.05, 0) is 49.2 Å². The third-order valence-electron chi connectivity index (χ3n) is 4.50. The van der Waals surface area contributed by atoms with Crippen LogP contribution in [0.5, 0.6) is 5.75 Å². The molecule has 0 fully saturated rings. The third-order valence-corrected chi connectivity index (χ3v) is 4.75. The fraction of sp³-hybridized carbons (Fsp3) is 0.200. The van der Waals surface area contributed by atoms with E-state index < -0.39 is 11.7 Å². The molecule has 7 nitrogen and oxygen atoms in total. The van der Waals surface area contributed by atoms with E-state index in [2.05, 4.69) is 10.2 Å². The molecule has 1 aromatic heterocycles. The summed E-state index contributed by atoms with van der Waals surface area (Å²) in [4.78, 5) is 26.2. The summed E-state index contributed by atoms with van der Waals surface area (Å²) in [6.45, 7) is 3.77. The summed E-state index contributed by atoms with van der Waals surface area (Å²) in [6.07, 6.45) is 0. The molecule has 0 atom stereocenters. The quantitative estimate of drug-likeness (QED) is 0.611. The molecular formula is C20H16ClN3O4. The molecule has 28 heavy (non-hydrogen) atoms. The van der Waals surface area contributed by atoms with Crippen LogP contribution in [0.2, 0.25) is 5.02 Å². The number of ketones is 1. The number of ether oxygens (including phenoxy) is 1. The lowest BCUT2D eigenvalue weighted by molar-refractivity contribution is -0.114. The van der Waals surface area contributed by atoms with Crippen LogP contribution in [0, 0.1) is 13.8 Å². The van der Waals surface area contributed by atoms with Crippen molar-refractivity contribution in [2.24, 2.45) is 0 Å². The van der Waals surface area contributed by atoms with Gasteiger partial charge < -0.3 is 9.15 Å². The molecule has 0 aliphatic carbocycles. The fourth-order valence-corrected chi connectivity index (χ4v) is 3.26.